The number of nitrogens with zero attached hydrogens (tertiary/aromatic N) is 1. The Morgan fingerprint density at radius 3 is 2.42 bits per heavy atom. The fourth-order valence-electron chi connectivity index (χ4n) is 1.78. The Balaban J connectivity index is 2.32. The number of hydrogen-bond donors (Lipinski definition) is 1. The molecular weight excluding hydrogens is 278 g/mol. The first-order valence-electron chi connectivity index (χ1n) is 5.83. The third-order valence-electron chi connectivity index (χ3n) is 2.75. The van der Waals surface area contributed by atoms with Crippen LogP contribution < -0.4 is 5.32 Å². The third kappa shape index (κ3) is 6.98. The Morgan fingerprint density at radius 2 is 1.84 bits per heavy atom. The van der Waals surface area contributed by atoms with Gasteiger partial charge in [-0.2, -0.15) is 26.3 Å². The van der Waals surface area contributed by atoms with E-state index in [1.807, 2.05) is 0 Å². The number of hydrogen-bond acceptors (Lipinski definition) is 3. The lowest BCUT2D eigenvalue weighted by atomic mass is 10.1. The smallest absolute Gasteiger partial charge is 0.371 e. The summed E-state index contributed by atoms with van der Waals surface area (Å²) in [5.74, 6) is -1.50. The van der Waals surface area contributed by atoms with Crippen LogP contribution in [0.1, 0.15) is 0 Å². The van der Waals surface area contributed by atoms with Gasteiger partial charge in [0, 0.05) is 32.7 Å². The average molecular weight is 294 g/mol. The van der Waals surface area contributed by atoms with Crippen LogP contribution in [0.3, 0.4) is 0 Å². The van der Waals surface area contributed by atoms with Crippen molar-refractivity contribution >= 4 is 0 Å². The van der Waals surface area contributed by atoms with Gasteiger partial charge in [0.25, 0.3) is 0 Å². The van der Waals surface area contributed by atoms with E-state index < -0.39 is 24.9 Å². The Kier molecular flexibility index (Phi) is 5.87. The van der Waals surface area contributed by atoms with Crippen molar-refractivity contribution in [2.45, 2.75) is 12.4 Å². The average Bonchev–Trinajstić information content (AvgIpc) is 2.47. The van der Waals surface area contributed by atoms with Crippen LogP contribution in [-0.4, -0.2) is 63.2 Å². The number of nitrogens with one attached hydrogen (secondary N) is 1. The van der Waals surface area contributed by atoms with Crippen LogP contribution in [0.2, 0.25) is 0 Å². The zero-order valence-corrected chi connectivity index (χ0v) is 10.2. The summed E-state index contributed by atoms with van der Waals surface area (Å²) in [6.07, 6.45) is -8.71. The van der Waals surface area contributed by atoms with Crippen molar-refractivity contribution in [2.75, 3.05) is 45.9 Å². The monoisotopic (exact) mass is 294 g/mol. The largest absolute Gasteiger partial charge is 0.411 e. The standard InChI is InChI=1S/C10H16F6N2O/c11-9(12,13)7-19-4-3-18-2-1-17-5-8(6-18)10(14,15)16/h8,17H,1-7H2. The van der Waals surface area contributed by atoms with Crippen LogP contribution in [0.15, 0.2) is 0 Å². The second-order valence-corrected chi connectivity index (χ2v) is 4.41. The van der Waals surface area contributed by atoms with Crippen LogP contribution in [0.25, 0.3) is 0 Å². The highest BCUT2D eigenvalue weighted by Crippen LogP contribution is 2.27. The summed E-state index contributed by atoms with van der Waals surface area (Å²) < 4.78 is 77.6. The maximum Gasteiger partial charge on any atom is 0.411 e. The molecule has 0 aromatic heterocycles. The maximum atomic E-state index is 12.6. The van der Waals surface area contributed by atoms with Crippen molar-refractivity contribution in [1.29, 1.82) is 0 Å². The molecule has 0 aliphatic carbocycles. The topological polar surface area (TPSA) is 24.5 Å². The van der Waals surface area contributed by atoms with E-state index in [0.29, 0.717) is 13.1 Å². The Hall–Kier alpha value is -0.540. The molecule has 1 saturated heterocycles. The van der Waals surface area contributed by atoms with Crippen molar-refractivity contribution in [1.82, 2.24) is 10.2 Å². The zero-order chi connectivity index (χ0) is 14.5. The molecule has 0 amide bonds. The molecule has 1 N–H and O–H groups in total. The van der Waals surface area contributed by atoms with Gasteiger partial charge in [0.15, 0.2) is 0 Å². The lowest BCUT2D eigenvalue weighted by molar-refractivity contribution is -0.179. The molecule has 0 spiro atoms. The second-order valence-electron chi connectivity index (χ2n) is 4.41. The molecule has 1 fully saturated rings. The van der Waals surface area contributed by atoms with Gasteiger partial charge in [-0.15, -0.1) is 0 Å². The first-order chi connectivity index (χ1) is 8.68. The normalized spacial score (nSPS) is 23.4. The molecule has 0 radical (unpaired) electrons. The summed E-state index contributed by atoms with van der Waals surface area (Å²) in [5, 5.41) is 2.67. The highest BCUT2D eigenvalue weighted by molar-refractivity contribution is 4.78. The van der Waals surface area contributed by atoms with Crippen molar-refractivity contribution in [3.05, 3.63) is 0 Å². The molecule has 1 heterocycles. The number of ether oxygens (including phenoxy) is 1. The lowest BCUT2D eigenvalue weighted by Crippen LogP contribution is -2.39. The number of rotatable bonds is 4. The minimum Gasteiger partial charge on any atom is -0.371 e. The van der Waals surface area contributed by atoms with Gasteiger partial charge in [0.1, 0.15) is 6.61 Å². The Morgan fingerprint density at radius 1 is 1.16 bits per heavy atom. The molecule has 9 heteroatoms. The van der Waals surface area contributed by atoms with Crippen molar-refractivity contribution in [3.63, 3.8) is 0 Å². The van der Waals surface area contributed by atoms with Crippen LogP contribution in [0.4, 0.5) is 26.3 Å². The molecule has 0 saturated carbocycles. The zero-order valence-electron chi connectivity index (χ0n) is 10.2. The van der Waals surface area contributed by atoms with E-state index in [-0.39, 0.29) is 26.2 Å². The van der Waals surface area contributed by atoms with Crippen molar-refractivity contribution in [2.24, 2.45) is 5.92 Å². The second kappa shape index (κ2) is 6.76. The summed E-state index contributed by atoms with van der Waals surface area (Å²) in [5.41, 5.74) is 0. The van der Waals surface area contributed by atoms with E-state index in [9.17, 15) is 26.3 Å². The molecule has 114 valence electrons. The van der Waals surface area contributed by atoms with Crippen LogP contribution in [0.5, 0.6) is 0 Å². The highest BCUT2D eigenvalue weighted by atomic mass is 19.4. The van der Waals surface area contributed by atoms with Crippen LogP contribution >= 0.6 is 0 Å². The molecule has 1 unspecified atom stereocenters. The molecule has 0 aromatic carbocycles. The van der Waals surface area contributed by atoms with Gasteiger partial charge >= 0.3 is 12.4 Å². The first-order valence-corrected chi connectivity index (χ1v) is 5.83. The third-order valence-corrected chi connectivity index (χ3v) is 2.75. The van der Waals surface area contributed by atoms with Crippen LogP contribution in [0, 0.1) is 5.92 Å². The fraction of sp³-hybridized carbons (Fsp3) is 1.00. The quantitative estimate of drug-likeness (QED) is 0.630. The van der Waals surface area contributed by atoms with Crippen molar-refractivity contribution < 1.29 is 31.1 Å². The van der Waals surface area contributed by atoms with Gasteiger partial charge in [-0.25, -0.2) is 0 Å². The fourth-order valence-corrected chi connectivity index (χ4v) is 1.78. The molecular formula is C10H16F6N2O. The minimum absolute atomic E-state index is 0.0599. The van der Waals surface area contributed by atoms with Gasteiger partial charge in [-0.05, 0) is 0 Å². The minimum atomic E-state index is -4.41. The Bertz CT molecular complexity index is 268. The van der Waals surface area contributed by atoms with Crippen LogP contribution in [-0.2, 0) is 4.74 Å². The molecule has 1 atom stereocenters. The highest BCUT2D eigenvalue weighted by Gasteiger charge is 2.40. The predicted molar refractivity (Wildman–Crippen MR) is 55.7 cm³/mol. The molecule has 3 nitrogen and oxygen atoms in total. The van der Waals surface area contributed by atoms with Gasteiger partial charge in [0.05, 0.1) is 12.5 Å². The maximum absolute atomic E-state index is 12.6. The molecule has 1 aliphatic rings. The SMILES string of the molecule is FC(F)(F)COCCN1CCNCC(C(F)(F)F)C1. The lowest BCUT2D eigenvalue weighted by Gasteiger charge is -2.25. The van der Waals surface area contributed by atoms with E-state index in [0.717, 1.165) is 0 Å². The Labute approximate surface area is 106 Å². The predicted octanol–water partition coefficient (Wildman–Crippen LogP) is 1.65. The van der Waals surface area contributed by atoms with Gasteiger partial charge < -0.3 is 10.1 Å². The van der Waals surface area contributed by atoms with Gasteiger partial charge in [0.2, 0.25) is 0 Å². The van der Waals surface area contributed by atoms with E-state index in [1.165, 1.54) is 4.90 Å². The summed E-state index contributed by atoms with van der Waals surface area (Å²) in [7, 11) is 0. The summed E-state index contributed by atoms with van der Waals surface area (Å²) >= 11 is 0. The molecule has 1 aliphatic heterocycles. The van der Waals surface area contributed by atoms with E-state index in [1.54, 1.807) is 0 Å². The number of alkyl halides is 6. The molecule has 1 rings (SSSR count). The van der Waals surface area contributed by atoms with E-state index in [4.69, 9.17) is 0 Å². The number of halogens is 6. The van der Waals surface area contributed by atoms with Gasteiger partial charge in [-0.1, -0.05) is 0 Å². The molecule has 19 heavy (non-hydrogen) atoms. The molecule has 0 bridgehead atoms. The van der Waals surface area contributed by atoms with Gasteiger partial charge in [-0.3, -0.25) is 4.90 Å². The van der Waals surface area contributed by atoms with Crippen molar-refractivity contribution in [3.8, 4) is 0 Å². The van der Waals surface area contributed by atoms with E-state index in [2.05, 4.69) is 10.1 Å². The molecule has 0 aromatic rings. The van der Waals surface area contributed by atoms with E-state index >= 15 is 0 Å². The summed E-state index contributed by atoms with van der Waals surface area (Å²) in [6.45, 7) is -1.18. The first kappa shape index (κ1) is 16.5. The summed E-state index contributed by atoms with van der Waals surface area (Å²) in [4.78, 5) is 1.47. The summed E-state index contributed by atoms with van der Waals surface area (Å²) in [6, 6.07) is 0.